The lowest BCUT2D eigenvalue weighted by Crippen LogP contribution is -2.41. The van der Waals surface area contributed by atoms with E-state index < -0.39 is 49.3 Å². The van der Waals surface area contributed by atoms with Crippen molar-refractivity contribution in [1.82, 2.24) is 0 Å². The van der Waals surface area contributed by atoms with Gasteiger partial charge in [0.2, 0.25) is 5.91 Å². The van der Waals surface area contributed by atoms with Crippen molar-refractivity contribution in [3.05, 3.63) is 0 Å². The third-order valence-electron chi connectivity index (χ3n) is 2.06. The van der Waals surface area contributed by atoms with Gasteiger partial charge in [0.05, 0.1) is 0 Å². The first-order valence-electron chi connectivity index (χ1n) is 4.44. The Balaban J connectivity index is 4.54. The lowest BCUT2D eigenvalue weighted by Gasteiger charge is -2.20. The molecular formula is C8H13F3N2O3. The van der Waals surface area contributed by atoms with Crippen LogP contribution in [0.15, 0.2) is 0 Å². The maximum absolute atomic E-state index is 12.7. The van der Waals surface area contributed by atoms with Crippen LogP contribution < -0.4 is 11.5 Å². The maximum atomic E-state index is 12.7. The topological polar surface area (TPSA) is 106 Å². The fourth-order valence-corrected chi connectivity index (χ4v) is 1.21. The molecule has 16 heavy (non-hydrogen) atoms. The van der Waals surface area contributed by atoms with Gasteiger partial charge in [-0.2, -0.15) is 0 Å². The van der Waals surface area contributed by atoms with Crippen molar-refractivity contribution >= 4 is 11.9 Å². The molecule has 0 fully saturated rings. The lowest BCUT2D eigenvalue weighted by molar-refractivity contribution is -0.140. The summed E-state index contributed by atoms with van der Waals surface area (Å²) in [5.41, 5.74) is 9.92. The maximum Gasteiger partial charge on any atom is 0.320 e. The standard InChI is InChI=1S/C8H13F3N2O3/c9-4(7(10)11)1-3(2-5(12)14)6(13)8(15)16/h3-4,6-7H,1-2,13H2,(H2,12,14)(H,15,16). The highest BCUT2D eigenvalue weighted by atomic mass is 19.3. The molecule has 0 aliphatic heterocycles. The molecule has 0 aromatic rings. The highest BCUT2D eigenvalue weighted by molar-refractivity contribution is 5.77. The van der Waals surface area contributed by atoms with Crippen LogP contribution in [-0.4, -0.2) is 35.6 Å². The molecule has 5 N–H and O–H groups in total. The number of halogens is 3. The number of aliphatic carboxylic acids is 1. The molecule has 0 saturated heterocycles. The van der Waals surface area contributed by atoms with Gasteiger partial charge in [-0.15, -0.1) is 0 Å². The van der Waals surface area contributed by atoms with E-state index in [9.17, 15) is 22.8 Å². The molecule has 0 aliphatic rings. The fourth-order valence-electron chi connectivity index (χ4n) is 1.21. The van der Waals surface area contributed by atoms with E-state index in [0.717, 1.165) is 0 Å². The van der Waals surface area contributed by atoms with Crippen molar-refractivity contribution in [3.63, 3.8) is 0 Å². The normalized spacial score (nSPS) is 16.8. The monoisotopic (exact) mass is 242 g/mol. The van der Waals surface area contributed by atoms with Crippen LogP contribution in [0.1, 0.15) is 12.8 Å². The fraction of sp³-hybridized carbons (Fsp3) is 0.750. The number of nitrogens with two attached hydrogens (primary N) is 2. The average molecular weight is 242 g/mol. The zero-order chi connectivity index (χ0) is 12.9. The molecule has 1 amide bonds. The predicted molar refractivity (Wildman–Crippen MR) is 48.4 cm³/mol. The minimum absolute atomic E-state index is 0.541. The van der Waals surface area contributed by atoms with Crippen molar-refractivity contribution in [3.8, 4) is 0 Å². The first-order chi connectivity index (χ1) is 7.25. The number of hydrogen-bond acceptors (Lipinski definition) is 3. The second-order valence-corrected chi connectivity index (χ2v) is 3.38. The van der Waals surface area contributed by atoms with Crippen molar-refractivity contribution in [1.29, 1.82) is 0 Å². The van der Waals surface area contributed by atoms with Crippen molar-refractivity contribution in [2.75, 3.05) is 0 Å². The molecule has 3 unspecified atom stereocenters. The predicted octanol–water partition coefficient (Wildman–Crippen LogP) is -0.117. The third-order valence-corrected chi connectivity index (χ3v) is 2.06. The minimum Gasteiger partial charge on any atom is -0.480 e. The molecule has 0 rings (SSSR count). The number of carbonyl (C=O) groups excluding carboxylic acids is 1. The van der Waals surface area contributed by atoms with Gasteiger partial charge in [0, 0.05) is 6.42 Å². The molecule has 0 bridgehead atoms. The number of rotatable bonds is 7. The van der Waals surface area contributed by atoms with Gasteiger partial charge in [0.1, 0.15) is 6.04 Å². The molecule has 0 saturated carbocycles. The second kappa shape index (κ2) is 6.31. The molecule has 0 spiro atoms. The highest BCUT2D eigenvalue weighted by Gasteiger charge is 2.31. The van der Waals surface area contributed by atoms with Gasteiger partial charge >= 0.3 is 5.97 Å². The Hall–Kier alpha value is -1.31. The first-order valence-corrected chi connectivity index (χ1v) is 4.44. The average Bonchev–Trinajstić information content (AvgIpc) is 2.14. The van der Waals surface area contributed by atoms with Gasteiger partial charge < -0.3 is 16.6 Å². The largest absolute Gasteiger partial charge is 0.480 e. The van der Waals surface area contributed by atoms with Crippen LogP contribution in [0.4, 0.5) is 13.2 Å². The molecular weight excluding hydrogens is 229 g/mol. The van der Waals surface area contributed by atoms with Crippen LogP contribution in [0, 0.1) is 5.92 Å². The Morgan fingerprint density at radius 3 is 2.06 bits per heavy atom. The van der Waals surface area contributed by atoms with E-state index in [1.807, 2.05) is 0 Å². The number of primary amides is 1. The molecule has 0 aromatic heterocycles. The Labute approximate surface area is 89.6 Å². The number of carbonyl (C=O) groups is 2. The third kappa shape index (κ3) is 4.96. The van der Waals surface area contributed by atoms with E-state index in [-0.39, 0.29) is 0 Å². The molecule has 0 aliphatic carbocycles. The first kappa shape index (κ1) is 14.7. The number of amides is 1. The summed E-state index contributed by atoms with van der Waals surface area (Å²) in [7, 11) is 0. The van der Waals surface area contributed by atoms with Gasteiger partial charge in [0.25, 0.3) is 6.43 Å². The molecule has 8 heteroatoms. The van der Waals surface area contributed by atoms with E-state index in [4.69, 9.17) is 16.6 Å². The molecule has 0 aromatic carbocycles. The molecule has 94 valence electrons. The van der Waals surface area contributed by atoms with E-state index >= 15 is 0 Å². The van der Waals surface area contributed by atoms with Crippen LogP contribution >= 0.6 is 0 Å². The zero-order valence-corrected chi connectivity index (χ0v) is 8.28. The SMILES string of the molecule is NC(=O)CC(CC(F)C(F)F)C(N)C(=O)O. The molecule has 0 heterocycles. The molecule has 5 nitrogen and oxygen atoms in total. The number of carboxylic acid groups (broad SMARTS) is 1. The quantitative estimate of drug-likeness (QED) is 0.578. The van der Waals surface area contributed by atoms with Crippen molar-refractivity contribution < 1.29 is 27.9 Å². The summed E-state index contributed by atoms with van der Waals surface area (Å²) in [5, 5.41) is 8.53. The zero-order valence-electron chi connectivity index (χ0n) is 8.28. The van der Waals surface area contributed by atoms with E-state index in [2.05, 4.69) is 0 Å². The van der Waals surface area contributed by atoms with Gasteiger partial charge in [-0.05, 0) is 12.3 Å². The van der Waals surface area contributed by atoms with Gasteiger partial charge in [-0.25, -0.2) is 13.2 Å². The summed E-state index contributed by atoms with van der Waals surface area (Å²) in [5.74, 6) is -3.64. The second-order valence-electron chi connectivity index (χ2n) is 3.38. The summed E-state index contributed by atoms with van der Waals surface area (Å²) in [6, 6.07) is -1.59. The summed E-state index contributed by atoms with van der Waals surface area (Å²) in [6.07, 6.45) is -7.11. The lowest BCUT2D eigenvalue weighted by atomic mass is 9.91. The van der Waals surface area contributed by atoms with Gasteiger partial charge in [0.15, 0.2) is 6.17 Å². The smallest absolute Gasteiger partial charge is 0.320 e. The van der Waals surface area contributed by atoms with Gasteiger partial charge in [-0.3, -0.25) is 9.59 Å². The summed E-state index contributed by atoms with van der Waals surface area (Å²) < 4.78 is 36.5. The highest BCUT2D eigenvalue weighted by Crippen LogP contribution is 2.21. The Bertz CT molecular complexity index is 263. The van der Waals surface area contributed by atoms with Crippen LogP contribution in [-0.2, 0) is 9.59 Å². The number of alkyl halides is 3. The van der Waals surface area contributed by atoms with Crippen LogP contribution in [0.5, 0.6) is 0 Å². The number of carboxylic acids is 1. The van der Waals surface area contributed by atoms with E-state index in [1.54, 1.807) is 0 Å². The van der Waals surface area contributed by atoms with Crippen LogP contribution in [0.2, 0.25) is 0 Å². The molecule has 3 atom stereocenters. The Kier molecular flexibility index (Phi) is 5.79. The van der Waals surface area contributed by atoms with Crippen molar-refractivity contribution in [2.45, 2.75) is 31.5 Å². The van der Waals surface area contributed by atoms with E-state index in [1.165, 1.54) is 0 Å². The van der Waals surface area contributed by atoms with Crippen LogP contribution in [0.25, 0.3) is 0 Å². The van der Waals surface area contributed by atoms with Gasteiger partial charge in [-0.1, -0.05) is 0 Å². The van der Waals surface area contributed by atoms with Crippen molar-refractivity contribution in [2.24, 2.45) is 17.4 Å². The Morgan fingerprint density at radius 2 is 1.75 bits per heavy atom. The summed E-state index contributed by atoms with van der Waals surface area (Å²) in [6.45, 7) is 0. The number of hydrogen-bond donors (Lipinski definition) is 3. The van der Waals surface area contributed by atoms with E-state index in [0.29, 0.717) is 0 Å². The Morgan fingerprint density at radius 1 is 1.25 bits per heavy atom. The summed E-state index contributed by atoms with van der Waals surface area (Å²) in [4.78, 5) is 21.0. The minimum atomic E-state index is -3.24. The van der Waals surface area contributed by atoms with Crippen LogP contribution in [0.3, 0.4) is 0 Å². The molecule has 0 radical (unpaired) electrons. The summed E-state index contributed by atoms with van der Waals surface area (Å²) >= 11 is 0.